The normalized spacial score (nSPS) is 12.3. The standard InChI is InChI=1S/C18H22N4O3/c1-11(2)8-19-17(23)14-6-12(3)21-18(22-14)20-9-13-4-5-15-16(7-13)25-10-24-15/h4-7,11H,8-10H2,1-3H3,(H,19,23)(H,20,21,22). The number of nitrogens with one attached hydrogen (secondary N) is 2. The number of nitrogens with zero attached hydrogens (tertiary/aromatic N) is 2. The van der Waals surface area contributed by atoms with Crippen LogP contribution in [-0.2, 0) is 6.54 Å². The first-order valence-corrected chi connectivity index (χ1v) is 8.27. The van der Waals surface area contributed by atoms with E-state index in [0.29, 0.717) is 30.6 Å². The minimum absolute atomic E-state index is 0.190. The number of benzene rings is 1. The zero-order chi connectivity index (χ0) is 17.8. The number of carbonyl (C=O) groups is 1. The molecule has 0 saturated heterocycles. The third-order valence-electron chi connectivity index (χ3n) is 3.65. The summed E-state index contributed by atoms with van der Waals surface area (Å²) in [6, 6.07) is 7.43. The number of ether oxygens (including phenoxy) is 2. The molecule has 1 amide bonds. The molecule has 132 valence electrons. The van der Waals surface area contributed by atoms with E-state index in [9.17, 15) is 4.79 Å². The highest BCUT2D eigenvalue weighted by molar-refractivity contribution is 5.92. The highest BCUT2D eigenvalue weighted by Crippen LogP contribution is 2.32. The van der Waals surface area contributed by atoms with E-state index in [2.05, 4.69) is 20.6 Å². The van der Waals surface area contributed by atoms with Gasteiger partial charge in [-0.2, -0.15) is 0 Å². The van der Waals surface area contributed by atoms with Crippen LogP contribution in [0.1, 0.15) is 35.6 Å². The largest absolute Gasteiger partial charge is 0.454 e. The van der Waals surface area contributed by atoms with Crippen molar-refractivity contribution in [3.8, 4) is 11.5 Å². The fraction of sp³-hybridized carbons (Fsp3) is 0.389. The van der Waals surface area contributed by atoms with Crippen molar-refractivity contribution < 1.29 is 14.3 Å². The van der Waals surface area contributed by atoms with Crippen LogP contribution in [0.3, 0.4) is 0 Å². The van der Waals surface area contributed by atoms with Gasteiger partial charge in [0.25, 0.3) is 5.91 Å². The van der Waals surface area contributed by atoms with Gasteiger partial charge in [0.1, 0.15) is 5.69 Å². The van der Waals surface area contributed by atoms with Crippen LogP contribution in [0, 0.1) is 12.8 Å². The molecule has 0 spiro atoms. The molecule has 0 atom stereocenters. The monoisotopic (exact) mass is 342 g/mol. The maximum Gasteiger partial charge on any atom is 0.270 e. The van der Waals surface area contributed by atoms with Crippen molar-refractivity contribution in [2.45, 2.75) is 27.3 Å². The second-order valence-electron chi connectivity index (χ2n) is 6.36. The Morgan fingerprint density at radius 3 is 2.80 bits per heavy atom. The lowest BCUT2D eigenvalue weighted by molar-refractivity contribution is 0.0944. The lowest BCUT2D eigenvalue weighted by atomic mass is 10.2. The summed E-state index contributed by atoms with van der Waals surface area (Å²) < 4.78 is 10.7. The third kappa shape index (κ3) is 4.37. The van der Waals surface area contributed by atoms with Crippen LogP contribution < -0.4 is 20.1 Å². The minimum atomic E-state index is -0.190. The molecule has 0 aliphatic carbocycles. The van der Waals surface area contributed by atoms with Crippen molar-refractivity contribution in [1.29, 1.82) is 0 Å². The van der Waals surface area contributed by atoms with Gasteiger partial charge in [-0.3, -0.25) is 4.79 Å². The lowest BCUT2D eigenvalue weighted by Crippen LogP contribution is -2.28. The molecular formula is C18H22N4O3. The maximum atomic E-state index is 12.2. The predicted octanol–water partition coefficient (Wildman–Crippen LogP) is 2.51. The molecule has 0 unspecified atom stereocenters. The summed E-state index contributed by atoms with van der Waals surface area (Å²) in [5.41, 5.74) is 2.11. The van der Waals surface area contributed by atoms with E-state index in [1.165, 1.54) is 0 Å². The van der Waals surface area contributed by atoms with E-state index >= 15 is 0 Å². The van der Waals surface area contributed by atoms with Crippen LogP contribution >= 0.6 is 0 Å². The predicted molar refractivity (Wildman–Crippen MR) is 93.8 cm³/mol. The highest BCUT2D eigenvalue weighted by Gasteiger charge is 2.14. The van der Waals surface area contributed by atoms with E-state index in [1.807, 2.05) is 39.0 Å². The summed E-state index contributed by atoms with van der Waals surface area (Å²) in [5.74, 6) is 2.10. The number of hydrogen-bond donors (Lipinski definition) is 2. The molecule has 7 nitrogen and oxygen atoms in total. The average Bonchev–Trinajstić information content (AvgIpc) is 3.05. The fourth-order valence-corrected chi connectivity index (χ4v) is 2.38. The Bertz CT molecular complexity index is 777. The van der Waals surface area contributed by atoms with Crippen LogP contribution in [0.25, 0.3) is 0 Å². The van der Waals surface area contributed by atoms with Crippen molar-refractivity contribution in [2.75, 3.05) is 18.7 Å². The van der Waals surface area contributed by atoms with Gasteiger partial charge in [0.15, 0.2) is 11.5 Å². The number of rotatable bonds is 6. The first kappa shape index (κ1) is 17.0. The van der Waals surface area contributed by atoms with Gasteiger partial charge in [-0.25, -0.2) is 9.97 Å². The number of fused-ring (bicyclic) bond motifs is 1. The first-order chi connectivity index (χ1) is 12.0. The van der Waals surface area contributed by atoms with Crippen molar-refractivity contribution >= 4 is 11.9 Å². The zero-order valence-corrected chi connectivity index (χ0v) is 14.6. The summed E-state index contributed by atoms with van der Waals surface area (Å²) in [7, 11) is 0. The average molecular weight is 342 g/mol. The second-order valence-corrected chi connectivity index (χ2v) is 6.36. The van der Waals surface area contributed by atoms with Crippen LogP contribution in [-0.4, -0.2) is 29.2 Å². The van der Waals surface area contributed by atoms with E-state index < -0.39 is 0 Å². The highest BCUT2D eigenvalue weighted by atomic mass is 16.7. The van der Waals surface area contributed by atoms with Crippen LogP contribution in [0.2, 0.25) is 0 Å². The fourth-order valence-electron chi connectivity index (χ4n) is 2.38. The topological polar surface area (TPSA) is 85.4 Å². The summed E-state index contributed by atoms with van der Waals surface area (Å²) in [5, 5.41) is 6.02. The summed E-state index contributed by atoms with van der Waals surface area (Å²) in [4.78, 5) is 20.8. The Labute approximate surface area is 146 Å². The van der Waals surface area contributed by atoms with E-state index in [0.717, 1.165) is 22.8 Å². The van der Waals surface area contributed by atoms with Gasteiger partial charge in [0.2, 0.25) is 12.7 Å². The molecule has 25 heavy (non-hydrogen) atoms. The third-order valence-corrected chi connectivity index (χ3v) is 3.65. The van der Waals surface area contributed by atoms with Crippen LogP contribution in [0.15, 0.2) is 24.3 Å². The summed E-state index contributed by atoms with van der Waals surface area (Å²) >= 11 is 0. The van der Waals surface area contributed by atoms with Crippen LogP contribution in [0.5, 0.6) is 11.5 Å². The Kier molecular flexibility index (Phi) is 5.02. The van der Waals surface area contributed by atoms with Crippen molar-refractivity contribution in [1.82, 2.24) is 15.3 Å². The van der Waals surface area contributed by atoms with Gasteiger partial charge in [0.05, 0.1) is 0 Å². The number of aromatic nitrogens is 2. The number of carbonyl (C=O) groups excluding carboxylic acids is 1. The molecule has 1 aliphatic rings. The van der Waals surface area contributed by atoms with Gasteiger partial charge in [0, 0.05) is 18.8 Å². The van der Waals surface area contributed by atoms with Gasteiger partial charge in [-0.1, -0.05) is 19.9 Å². The van der Waals surface area contributed by atoms with E-state index in [-0.39, 0.29) is 12.7 Å². The van der Waals surface area contributed by atoms with Gasteiger partial charge >= 0.3 is 0 Å². The van der Waals surface area contributed by atoms with Gasteiger partial charge in [-0.15, -0.1) is 0 Å². The molecular weight excluding hydrogens is 320 g/mol. The van der Waals surface area contributed by atoms with Crippen molar-refractivity contribution in [3.63, 3.8) is 0 Å². The summed E-state index contributed by atoms with van der Waals surface area (Å²) in [6.45, 7) is 7.32. The zero-order valence-electron chi connectivity index (χ0n) is 14.6. The minimum Gasteiger partial charge on any atom is -0.454 e. The molecule has 2 N–H and O–H groups in total. The second kappa shape index (κ2) is 7.38. The Hall–Kier alpha value is -2.83. The Balaban J connectivity index is 1.67. The van der Waals surface area contributed by atoms with Crippen LogP contribution in [0.4, 0.5) is 5.95 Å². The Morgan fingerprint density at radius 1 is 1.20 bits per heavy atom. The quantitative estimate of drug-likeness (QED) is 0.839. The van der Waals surface area contributed by atoms with Crippen molar-refractivity contribution in [2.24, 2.45) is 5.92 Å². The van der Waals surface area contributed by atoms with E-state index in [4.69, 9.17) is 9.47 Å². The van der Waals surface area contributed by atoms with E-state index in [1.54, 1.807) is 6.07 Å². The molecule has 0 fully saturated rings. The summed E-state index contributed by atoms with van der Waals surface area (Å²) in [6.07, 6.45) is 0. The van der Waals surface area contributed by atoms with Gasteiger partial charge < -0.3 is 20.1 Å². The molecule has 2 heterocycles. The van der Waals surface area contributed by atoms with Gasteiger partial charge in [-0.05, 0) is 36.6 Å². The number of amides is 1. The first-order valence-electron chi connectivity index (χ1n) is 8.27. The molecule has 0 bridgehead atoms. The molecule has 1 aromatic heterocycles. The Morgan fingerprint density at radius 2 is 2.00 bits per heavy atom. The van der Waals surface area contributed by atoms with Crippen molar-refractivity contribution in [3.05, 3.63) is 41.2 Å². The number of aryl methyl sites for hydroxylation is 1. The maximum absolute atomic E-state index is 12.2. The lowest BCUT2D eigenvalue weighted by Gasteiger charge is -2.10. The molecule has 1 aromatic carbocycles. The number of anilines is 1. The molecule has 7 heteroatoms. The number of hydrogen-bond acceptors (Lipinski definition) is 6. The molecule has 3 rings (SSSR count). The molecule has 1 aliphatic heterocycles. The molecule has 0 saturated carbocycles. The SMILES string of the molecule is Cc1cc(C(=O)NCC(C)C)nc(NCc2ccc3c(c2)OCO3)n1. The molecule has 2 aromatic rings. The smallest absolute Gasteiger partial charge is 0.270 e. The molecule has 0 radical (unpaired) electrons.